The summed E-state index contributed by atoms with van der Waals surface area (Å²) < 4.78 is 13.5. The Morgan fingerprint density at radius 3 is 2.24 bits per heavy atom. The minimum Gasteiger partial charge on any atom is -0.326 e. The van der Waals surface area contributed by atoms with Crippen LogP contribution in [0.3, 0.4) is 0 Å². The molecular weight excluding hydrogens is 339 g/mol. The highest BCUT2D eigenvalue weighted by Gasteiger charge is 2.07. The number of rotatable bonds is 8. The summed E-state index contributed by atoms with van der Waals surface area (Å²) >= 11 is 1.31. The third-order valence-electron chi connectivity index (χ3n) is 3.33. The lowest BCUT2D eigenvalue weighted by atomic mass is 10.2. The Bertz CT molecular complexity index is 737. The SMILES string of the molecule is CCCC(=O)Nc1cccc(NC(=O)CCSc2ccccc2F)c1. The van der Waals surface area contributed by atoms with Gasteiger partial charge >= 0.3 is 0 Å². The van der Waals surface area contributed by atoms with Crippen molar-refractivity contribution in [2.75, 3.05) is 16.4 Å². The zero-order valence-electron chi connectivity index (χ0n) is 14.0. The Kier molecular flexibility index (Phi) is 7.47. The van der Waals surface area contributed by atoms with Crippen LogP contribution in [0.4, 0.5) is 15.8 Å². The molecule has 2 aromatic rings. The van der Waals surface area contributed by atoms with Crippen molar-refractivity contribution in [2.45, 2.75) is 31.1 Å². The molecule has 0 saturated carbocycles. The van der Waals surface area contributed by atoms with Gasteiger partial charge in [-0.05, 0) is 36.8 Å². The summed E-state index contributed by atoms with van der Waals surface area (Å²) in [6.07, 6.45) is 1.51. The fourth-order valence-electron chi connectivity index (χ4n) is 2.16. The topological polar surface area (TPSA) is 58.2 Å². The van der Waals surface area contributed by atoms with Crippen molar-refractivity contribution in [1.29, 1.82) is 0 Å². The van der Waals surface area contributed by atoms with Crippen molar-refractivity contribution in [2.24, 2.45) is 0 Å². The van der Waals surface area contributed by atoms with E-state index in [1.54, 1.807) is 42.5 Å². The average Bonchev–Trinajstić information content (AvgIpc) is 2.57. The number of anilines is 2. The number of benzene rings is 2. The molecule has 0 aliphatic rings. The fourth-order valence-corrected chi connectivity index (χ4v) is 3.05. The highest BCUT2D eigenvalue weighted by Crippen LogP contribution is 2.22. The molecule has 0 atom stereocenters. The van der Waals surface area contributed by atoms with Crippen molar-refractivity contribution in [3.8, 4) is 0 Å². The van der Waals surface area contributed by atoms with Gasteiger partial charge in [-0.3, -0.25) is 9.59 Å². The second kappa shape index (κ2) is 9.84. The maximum atomic E-state index is 13.5. The first kappa shape index (κ1) is 19.0. The Morgan fingerprint density at radius 2 is 1.60 bits per heavy atom. The Balaban J connectivity index is 1.82. The number of carbonyl (C=O) groups is 2. The minimum absolute atomic E-state index is 0.0488. The lowest BCUT2D eigenvalue weighted by Crippen LogP contribution is -2.13. The van der Waals surface area contributed by atoms with E-state index < -0.39 is 0 Å². The van der Waals surface area contributed by atoms with Gasteiger partial charge in [0.1, 0.15) is 5.82 Å². The summed E-state index contributed by atoms with van der Waals surface area (Å²) in [5.74, 6) is 0.0104. The van der Waals surface area contributed by atoms with Crippen LogP contribution in [0.2, 0.25) is 0 Å². The normalized spacial score (nSPS) is 10.3. The van der Waals surface area contributed by atoms with E-state index in [4.69, 9.17) is 0 Å². The van der Waals surface area contributed by atoms with E-state index >= 15 is 0 Å². The summed E-state index contributed by atoms with van der Waals surface area (Å²) in [7, 11) is 0. The molecular formula is C19H21FN2O2S. The first-order valence-electron chi connectivity index (χ1n) is 8.15. The van der Waals surface area contributed by atoms with Crippen LogP contribution in [-0.4, -0.2) is 17.6 Å². The Labute approximate surface area is 151 Å². The summed E-state index contributed by atoms with van der Waals surface area (Å²) in [5, 5.41) is 5.58. The van der Waals surface area contributed by atoms with E-state index in [1.807, 2.05) is 6.92 Å². The summed E-state index contributed by atoms with van der Waals surface area (Å²) in [4.78, 5) is 24.2. The van der Waals surface area contributed by atoms with Gasteiger partial charge in [0.05, 0.1) is 0 Å². The molecule has 0 aliphatic carbocycles. The van der Waals surface area contributed by atoms with E-state index in [1.165, 1.54) is 17.8 Å². The van der Waals surface area contributed by atoms with Crippen LogP contribution in [0.1, 0.15) is 26.2 Å². The van der Waals surface area contributed by atoms with Crippen LogP contribution in [0.5, 0.6) is 0 Å². The van der Waals surface area contributed by atoms with Crippen molar-refractivity contribution in [3.05, 3.63) is 54.3 Å². The molecule has 0 unspecified atom stereocenters. The molecule has 0 aromatic heterocycles. The van der Waals surface area contributed by atoms with E-state index in [-0.39, 0.29) is 24.1 Å². The molecule has 0 spiro atoms. The van der Waals surface area contributed by atoms with Gasteiger partial charge in [-0.15, -0.1) is 11.8 Å². The predicted molar refractivity (Wildman–Crippen MR) is 100 cm³/mol. The van der Waals surface area contributed by atoms with Crippen LogP contribution in [-0.2, 0) is 9.59 Å². The molecule has 4 nitrogen and oxygen atoms in total. The van der Waals surface area contributed by atoms with Crippen LogP contribution in [0, 0.1) is 5.82 Å². The predicted octanol–water partition coefficient (Wildman–Crippen LogP) is 4.69. The molecule has 6 heteroatoms. The average molecular weight is 360 g/mol. The zero-order chi connectivity index (χ0) is 18.1. The van der Waals surface area contributed by atoms with Gasteiger partial charge in [0, 0.05) is 34.9 Å². The summed E-state index contributed by atoms with van der Waals surface area (Å²) in [6, 6.07) is 13.5. The number of amides is 2. The van der Waals surface area contributed by atoms with Crippen LogP contribution >= 0.6 is 11.8 Å². The second-order valence-corrected chi connectivity index (χ2v) is 6.59. The monoisotopic (exact) mass is 360 g/mol. The van der Waals surface area contributed by atoms with E-state index in [0.29, 0.717) is 28.4 Å². The standard InChI is InChI=1S/C19H21FN2O2S/c1-2-6-18(23)21-14-7-5-8-15(13-14)22-19(24)11-12-25-17-10-4-3-9-16(17)20/h3-5,7-10,13H,2,6,11-12H2,1H3,(H,21,23)(H,22,24). The number of hydrogen-bond acceptors (Lipinski definition) is 3. The van der Waals surface area contributed by atoms with Crippen LogP contribution in [0.25, 0.3) is 0 Å². The number of hydrogen-bond donors (Lipinski definition) is 2. The van der Waals surface area contributed by atoms with Crippen LogP contribution < -0.4 is 10.6 Å². The lowest BCUT2D eigenvalue weighted by molar-refractivity contribution is -0.116. The van der Waals surface area contributed by atoms with Gasteiger partial charge in [0.15, 0.2) is 0 Å². The highest BCUT2D eigenvalue weighted by atomic mass is 32.2. The quantitative estimate of drug-likeness (QED) is 0.672. The van der Waals surface area contributed by atoms with Gasteiger partial charge in [0.2, 0.25) is 11.8 Å². The third kappa shape index (κ3) is 6.58. The van der Waals surface area contributed by atoms with Gasteiger partial charge in [-0.25, -0.2) is 4.39 Å². The molecule has 0 radical (unpaired) electrons. The molecule has 2 amide bonds. The molecule has 25 heavy (non-hydrogen) atoms. The van der Waals surface area contributed by atoms with Crippen LogP contribution in [0.15, 0.2) is 53.4 Å². The molecule has 132 valence electrons. The van der Waals surface area contributed by atoms with E-state index in [9.17, 15) is 14.0 Å². The summed E-state index contributed by atoms with van der Waals surface area (Å²) in [6.45, 7) is 1.94. The molecule has 2 rings (SSSR count). The Morgan fingerprint density at radius 1 is 0.960 bits per heavy atom. The van der Waals surface area contributed by atoms with Crippen molar-refractivity contribution in [1.82, 2.24) is 0 Å². The second-order valence-electron chi connectivity index (χ2n) is 5.46. The molecule has 0 fully saturated rings. The third-order valence-corrected chi connectivity index (χ3v) is 4.38. The van der Waals surface area contributed by atoms with Gasteiger partial charge in [-0.1, -0.05) is 25.1 Å². The maximum Gasteiger partial charge on any atom is 0.225 e. The minimum atomic E-state index is -0.275. The molecule has 2 aromatic carbocycles. The largest absolute Gasteiger partial charge is 0.326 e. The maximum absolute atomic E-state index is 13.5. The number of carbonyl (C=O) groups excluding carboxylic acids is 2. The van der Waals surface area contributed by atoms with Crippen molar-refractivity contribution in [3.63, 3.8) is 0 Å². The Hall–Kier alpha value is -2.34. The van der Waals surface area contributed by atoms with Gasteiger partial charge in [0.25, 0.3) is 0 Å². The van der Waals surface area contributed by atoms with Gasteiger partial charge < -0.3 is 10.6 Å². The molecule has 0 bridgehead atoms. The first-order chi connectivity index (χ1) is 12.1. The molecule has 0 heterocycles. The number of nitrogens with one attached hydrogen (secondary N) is 2. The highest BCUT2D eigenvalue weighted by molar-refractivity contribution is 7.99. The molecule has 2 N–H and O–H groups in total. The summed E-state index contributed by atoms with van der Waals surface area (Å²) in [5.41, 5.74) is 1.27. The fraction of sp³-hybridized carbons (Fsp3) is 0.263. The lowest BCUT2D eigenvalue weighted by Gasteiger charge is -2.09. The molecule has 0 aliphatic heterocycles. The van der Waals surface area contributed by atoms with E-state index in [2.05, 4.69) is 10.6 Å². The van der Waals surface area contributed by atoms with Crippen molar-refractivity contribution < 1.29 is 14.0 Å². The van der Waals surface area contributed by atoms with Crippen molar-refractivity contribution >= 4 is 35.0 Å². The first-order valence-corrected chi connectivity index (χ1v) is 9.14. The number of thioether (sulfide) groups is 1. The number of halogens is 1. The zero-order valence-corrected chi connectivity index (χ0v) is 14.9. The molecule has 0 saturated heterocycles. The van der Waals surface area contributed by atoms with Gasteiger partial charge in [-0.2, -0.15) is 0 Å². The smallest absolute Gasteiger partial charge is 0.225 e. The van der Waals surface area contributed by atoms with E-state index in [0.717, 1.165) is 6.42 Å².